The van der Waals surface area contributed by atoms with E-state index < -0.39 is 0 Å². The van der Waals surface area contributed by atoms with Crippen molar-refractivity contribution in [3.8, 4) is 0 Å². The highest BCUT2D eigenvalue weighted by atomic mass is 15.0. The van der Waals surface area contributed by atoms with Gasteiger partial charge in [0, 0.05) is 6.04 Å². The molecule has 3 unspecified atom stereocenters. The molecule has 1 saturated carbocycles. The molecular formula is C13H25N. The molecule has 2 rings (SSSR count). The second kappa shape index (κ2) is 3.23. The lowest BCUT2D eigenvalue weighted by molar-refractivity contribution is 0.0409. The van der Waals surface area contributed by atoms with Gasteiger partial charge in [-0.25, -0.2) is 0 Å². The molecule has 2 aliphatic rings. The van der Waals surface area contributed by atoms with Gasteiger partial charge in [0.25, 0.3) is 0 Å². The van der Waals surface area contributed by atoms with Crippen LogP contribution in [0.1, 0.15) is 53.4 Å². The highest BCUT2D eigenvalue weighted by molar-refractivity contribution is 5.01. The number of rotatable bonds is 0. The summed E-state index contributed by atoms with van der Waals surface area (Å²) in [5.41, 5.74) is 1.19. The van der Waals surface area contributed by atoms with Gasteiger partial charge in [0.15, 0.2) is 0 Å². The van der Waals surface area contributed by atoms with E-state index in [1.165, 1.54) is 32.2 Å². The molecule has 0 radical (unpaired) electrons. The van der Waals surface area contributed by atoms with Crippen LogP contribution >= 0.6 is 0 Å². The Bertz CT molecular complexity index is 221. The largest absolute Gasteiger partial charge is 0.314 e. The van der Waals surface area contributed by atoms with Crippen LogP contribution in [-0.4, -0.2) is 12.6 Å². The van der Waals surface area contributed by atoms with Crippen molar-refractivity contribution in [3.63, 3.8) is 0 Å². The minimum absolute atomic E-state index is 0.567. The Morgan fingerprint density at radius 1 is 1.14 bits per heavy atom. The molecule has 1 heteroatoms. The van der Waals surface area contributed by atoms with Gasteiger partial charge in [-0.2, -0.15) is 0 Å². The zero-order valence-corrected chi connectivity index (χ0v) is 10.2. The molecule has 0 aromatic heterocycles. The van der Waals surface area contributed by atoms with Crippen molar-refractivity contribution >= 4 is 0 Å². The van der Waals surface area contributed by atoms with Gasteiger partial charge in [0.05, 0.1) is 0 Å². The van der Waals surface area contributed by atoms with E-state index in [1.54, 1.807) is 0 Å². The second-order valence-corrected chi connectivity index (χ2v) is 6.64. The SMILES string of the molecule is CC1CC(C)(C)CC2(CCNC2C)C1. The van der Waals surface area contributed by atoms with E-state index in [0.29, 0.717) is 10.8 Å². The number of nitrogens with one attached hydrogen (secondary N) is 1. The third-order valence-corrected chi connectivity index (χ3v) is 4.48. The fraction of sp³-hybridized carbons (Fsp3) is 1.00. The summed E-state index contributed by atoms with van der Waals surface area (Å²) in [6.07, 6.45) is 5.70. The summed E-state index contributed by atoms with van der Waals surface area (Å²) >= 11 is 0. The molecule has 0 aromatic rings. The molecule has 0 aromatic carbocycles. The van der Waals surface area contributed by atoms with Crippen molar-refractivity contribution in [2.24, 2.45) is 16.7 Å². The van der Waals surface area contributed by atoms with Crippen LogP contribution < -0.4 is 5.32 Å². The molecule has 3 atom stereocenters. The maximum Gasteiger partial charge on any atom is 0.00959 e. The van der Waals surface area contributed by atoms with E-state index in [0.717, 1.165) is 12.0 Å². The van der Waals surface area contributed by atoms with Crippen LogP contribution in [0.3, 0.4) is 0 Å². The molecule has 1 nitrogen and oxygen atoms in total. The first kappa shape index (κ1) is 10.5. The van der Waals surface area contributed by atoms with Crippen LogP contribution in [0.4, 0.5) is 0 Å². The lowest BCUT2D eigenvalue weighted by Gasteiger charge is -2.48. The first-order valence-corrected chi connectivity index (χ1v) is 6.17. The molecule has 0 amide bonds. The highest BCUT2D eigenvalue weighted by Crippen LogP contribution is 2.53. The van der Waals surface area contributed by atoms with Gasteiger partial charge in [-0.1, -0.05) is 20.8 Å². The number of hydrogen-bond donors (Lipinski definition) is 1. The van der Waals surface area contributed by atoms with E-state index in [9.17, 15) is 0 Å². The van der Waals surface area contributed by atoms with Crippen LogP contribution in [-0.2, 0) is 0 Å². The zero-order chi connectivity index (χ0) is 10.4. The smallest absolute Gasteiger partial charge is 0.00959 e. The summed E-state index contributed by atoms with van der Waals surface area (Å²) in [6, 6.07) is 0.740. The van der Waals surface area contributed by atoms with Gasteiger partial charge in [0.1, 0.15) is 0 Å². The third-order valence-electron chi connectivity index (χ3n) is 4.48. The van der Waals surface area contributed by atoms with Crippen molar-refractivity contribution < 1.29 is 0 Å². The fourth-order valence-corrected chi connectivity index (χ4v) is 4.30. The Balaban J connectivity index is 2.19. The first-order valence-electron chi connectivity index (χ1n) is 6.17. The topological polar surface area (TPSA) is 12.0 Å². The maximum absolute atomic E-state index is 3.64. The summed E-state index contributed by atoms with van der Waals surface area (Å²) in [4.78, 5) is 0. The number of hydrogen-bond acceptors (Lipinski definition) is 1. The lowest BCUT2D eigenvalue weighted by Crippen LogP contribution is -2.43. The lowest BCUT2D eigenvalue weighted by atomic mass is 9.58. The molecule has 14 heavy (non-hydrogen) atoms. The predicted octanol–water partition coefficient (Wildman–Crippen LogP) is 3.20. The van der Waals surface area contributed by atoms with E-state index in [4.69, 9.17) is 0 Å². The van der Waals surface area contributed by atoms with Crippen molar-refractivity contribution in [3.05, 3.63) is 0 Å². The summed E-state index contributed by atoms with van der Waals surface area (Å²) in [5.74, 6) is 0.918. The van der Waals surface area contributed by atoms with Gasteiger partial charge in [0.2, 0.25) is 0 Å². The van der Waals surface area contributed by atoms with Crippen molar-refractivity contribution in [2.75, 3.05) is 6.54 Å². The molecule has 1 N–H and O–H groups in total. The van der Waals surface area contributed by atoms with Crippen LogP contribution in [0.2, 0.25) is 0 Å². The third kappa shape index (κ3) is 1.71. The summed E-state index contributed by atoms with van der Waals surface area (Å²) in [5, 5.41) is 3.64. The Labute approximate surface area is 88.7 Å². The summed E-state index contributed by atoms with van der Waals surface area (Å²) < 4.78 is 0. The highest BCUT2D eigenvalue weighted by Gasteiger charge is 2.47. The maximum atomic E-state index is 3.64. The zero-order valence-electron chi connectivity index (χ0n) is 10.2. The van der Waals surface area contributed by atoms with Crippen LogP contribution in [0.5, 0.6) is 0 Å². The molecule has 1 aliphatic heterocycles. The molecule has 1 saturated heterocycles. The van der Waals surface area contributed by atoms with Crippen LogP contribution in [0.15, 0.2) is 0 Å². The van der Waals surface area contributed by atoms with E-state index >= 15 is 0 Å². The Kier molecular flexibility index (Phi) is 2.42. The average Bonchev–Trinajstić information content (AvgIpc) is 2.27. The summed E-state index contributed by atoms with van der Waals surface area (Å²) in [7, 11) is 0. The van der Waals surface area contributed by atoms with Gasteiger partial charge >= 0.3 is 0 Å². The van der Waals surface area contributed by atoms with Crippen LogP contribution in [0, 0.1) is 16.7 Å². The normalized spacial score (nSPS) is 47.1. The summed E-state index contributed by atoms with van der Waals surface area (Å²) in [6.45, 7) is 11.0. The van der Waals surface area contributed by atoms with Crippen molar-refractivity contribution in [1.82, 2.24) is 5.32 Å². The minimum Gasteiger partial charge on any atom is -0.314 e. The van der Waals surface area contributed by atoms with Gasteiger partial charge in [-0.05, 0) is 55.9 Å². The van der Waals surface area contributed by atoms with E-state index in [2.05, 4.69) is 33.0 Å². The van der Waals surface area contributed by atoms with Crippen molar-refractivity contribution in [1.29, 1.82) is 0 Å². The first-order chi connectivity index (χ1) is 6.44. The predicted molar refractivity (Wildman–Crippen MR) is 61.3 cm³/mol. The quantitative estimate of drug-likeness (QED) is 0.626. The Morgan fingerprint density at radius 3 is 2.36 bits per heavy atom. The van der Waals surface area contributed by atoms with Gasteiger partial charge < -0.3 is 5.32 Å². The van der Waals surface area contributed by atoms with Crippen LogP contribution in [0.25, 0.3) is 0 Å². The van der Waals surface area contributed by atoms with E-state index in [1.807, 2.05) is 0 Å². The minimum atomic E-state index is 0.567. The fourth-order valence-electron chi connectivity index (χ4n) is 4.30. The molecule has 1 heterocycles. The molecule has 1 spiro atoms. The van der Waals surface area contributed by atoms with Gasteiger partial charge in [-0.3, -0.25) is 0 Å². The molecule has 82 valence electrons. The van der Waals surface area contributed by atoms with Crippen molar-refractivity contribution in [2.45, 2.75) is 59.4 Å². The standard InChI is InChI=1S/C13H25N/c1-10-7-12(3,4)9-13(8-10)5-6-14-11(13)2/h10-11,14H,5-9H2,1-4H3. The average molecular weight is 195 g/mol. The van der Waals surface area contributed by atoms with Gasteiger partial charge in [-0.15, -0.1) is 0 Å². The Morgan fingerprint density at radius 2 is 1.86 bits per heavy atom. The second-order valence-electron chi connectivity index (χ2n) is 6.64. The van der Waals surface area contributed by atoms with E-state index in [-0.39, 0.29) is 0 Å². The molecular weight excluding hydrogens is 170 g/mol. The molecule has 2 fully saturated rings. The Hall–Kier alpha value is -0.0400. The molecule has 0 bridgehead atoms. The monoisotopic (exact) mass is 195 g/mol. The molecule has 1 aliphatic carbocycles.